The highest BCUT2D eigenvalue weighted by Gasteiger charge is 2.35. The number of fused-ring (bicyclic) bond motifs is 1. The van der Waals surface area contributed by atoms with Crippen LogP contribution in [0.5, 0.6) is 0 Å². The molecule has 3 atom stereocenters. The number of piperidine rings is 1. The van der Waals surface area contributed by atoms with E-state index >= 15 is 0 Å². The smallest absolute Gasteiger partial charge is 0.289 e. The number of nitrogens with zero attached hydrogens (tertiary/aromatic N) is 1. The van der Waals surface area contributed by atoms with Gasteiger partial charge in [0.1, 0.15) is 0 Å². The van der Waals surface area contributed by atoms with Crippen molar-refractivity contribution in [1.82, 2.24) is 20.5 Å². The Morgan fingerprint density at radius 2 is 1.74 bits per heavy atom. The summed E-state index contributed by atoms with van der Waals surface area (Å²) in [5, 5.41) is 9.16. The zero-order valence-corrected chi connectivity index (χ0v) is 24.5. The van der Waals surface area contributed by atoms with Gasteiger partial charge in [0, 0.05) is 49.3 Å². The van der Waals surface area contributed by atoms with Crippen LogP contribution in [0.4, 0.5) is 0 Å². The van der Waals surface area contributed by atoms with E-state index in [0.29, 0.717) is 25.1 Å². The molecule has 0 saturated carbocycles. The van der Waals surface area contributed by atoms with Crippen LogP contribution in [0.3, 0.4) is 0 Å². The number of carbonyl (C=O) groups is 5. The van der Waals surface area contributed by atoms with Crippen molar-refractivity contribution in [3.05, 3.63) is 71.9 Å². The maximum atomic E-state index is 13.7. The Hall–Kier alpha value is -4.27. The summed E-state index contributed by atoms with van der Waals surface area (Å²) in [5.41, 5.74) is 2.25. The molecule has 0 aliphatic carbocycles. The summed E-state index contributed by atoms with van der Waals surface area (Å²) in [4.78, 5) is 66.0. The van der Waals surface area contributed by atoms with Crippen LogP contribution in [0.2, 0.25) is 0 Å². The zero-order valence-electron chi connectivity index (χ0n) is 24.5. The molecule has 1 aliphatic rings. The van der Waals surface area contributed by atoms with Crippen LogP contribution in [-0.4, -0.2) is 46.4 Å². The lowest BCUT2D eigenvalue weighted by Gasteiger charge is -2.27. The lowest BCUT2D eigenvalue weighted by molar-refractivity contribution is -0.141. The quantitative estimate of drug-likeness (QED) is 0.213. The number of rotatable bonds is 13. The lowest BCUT2D eigenvalue weighted by atomic mass is 9.88. The minimum absolute atomic E-state index is 0.0146. The summed E-state index contributed by atoms with van der Waals surface area (Å²) in [6.45, 7) is 4.65. The third-order valence-corrected chi connectivity index (χ3v) is 7.87. The van der Waals surface area contributed by atoms with Gasteiger partial charge < -0.3 is 20.5 Å². The van der Waals surface area contributed by atoms with Crippen molar-refractivity contribution in [2.24, 2.45) is 24.8 Å². The van der Waals surface area contributed by atoms with Crippen molar-refractivity contribution in [2.75, 3.05) is 6.54 Å². The highest BCUT2D eigenvalue weighted by molar-refractivity contribution is 6.38. The summed E-state index contributed by atoms with van der Waals surface area (Å²) in [5.74, 6) is -3.58. The Balaban J connectivity index is 1.51. The largest absolute Gasteiger partial charge is 0.356 e. The van der Waals surface area contributed by atoms with Crippen LogP contribution >= 0.6 is 0 Å². The van der Waals surface area contributed by atoms with E-state index < -0.39 is 35.5 Å². The number of aryl methyl sites for hydroxylation is 1. The summed E-state index contributed by atoms with van der Waals surface area (Å²) < 4.78 is 1.83. The molecule has 222 valence electrons. The first-order valence-electron chi connectivity index (χ1n) is 14.7. The molecule has 42 heavy (non-hydrogen) atoms. The van der Waals surface area contributed by atoms with E-state index in [1.807, 2.05) is 86.1 Å². The normalized spacial score (nSPS) is 16.5. The van der Waals surface area contributed by atoms with Gasteiger partial charge in [-0.25, -0.2) is 0 Å². The number of Topliss-reactive ketones (excluding diaryl/α,β-unsaturated/α-hetero) is 2. The first-order valence-corrected chi connectivity index (χ1v) is 14.7. The van der Waals surface area contributed by atoms with Crippen molar-refractivity contribution in [2.45, 2.75) is 58.5 Å². The minimum atomic E-state index is -1.19. The van der Waals surface area contributed by atoms with Crippen molar-refractivity contribution in [3.63, 3.8) is 0 Å². The maximum absolute atomic E-state index is 13.7. The molecule has 0 bridgehead atoms. The van der Waals surface area contributed by atoms with E-state index in [1.165, 1.54) is 0 Å². The Labute approximate surface area is 246 Å². The van der Waals surface area contributed by atoms with E-state index in [0.717, 1.165) is 22.9 Å². The molecule has 9 heteroatoms. The first-order chi connectivity index (χ1) is 20.1. The molecule has 2 aromatic carbocycles. The fraction of sp³-hybridized carbons (Fsp3) is 0.424. The summed E-state index contributed by atoms with van der Waals surface area (Å²) in [6.07, 6.45) is 1.71. The first kappa shape index (κ1) is 30.7. The zero-order chi connectivity index (χ0) is 30.2. The van der Waals surface area contributed by atoms with E-state index in [2.05, 4.69) is 16.0 Å². The fourth-order valence-electron chi connectivity index (χ4n) is 5.63. The highest BCUT2D eigenvalue weighted by atomic mass is 16.2. The van der Waals surface area contributed by atoms with Crippen LogP contribution in [0.15, 0.2) is 60.7 Å². The van der Waals surface area contributed by atoms with Gasteiger partial charge in [0.25, 0.3) is 5.91 Å². The van der Waals surface area contributed by atoms with E-state index in [4.69, 9.17) is 0 Å². The number of hydrogen-bond donors (Lipinski definition) is 3. The van der Waals surface area contributed by atoms with E-state index in [1.54, 1.807) is 0 Å². The molecule has 3 amide bonds. The Morgan fingerprint density at radius 1 is 1.02 bits per heavy atom. The van der Waals surface area contributed by atoms with E-state index in [-0.39, 0.29) is 37.0 Å². The van der Waals surface area contributed by atoms with Crippen molar-refractivity contribution < 1.29 is 24.0 Å². The molecule has 3 N–H and O–H groups in total. The van der Waals surface area contributed by atoms with Crippen LogP contribution in [0, 0.1) is 17.8 Å². The van der Waals surface area contributed by atoms with Gasteiger partial charge in [0.05, 0.1) is 11.7 Å². The summed E-state index contributed by atoms with van der Waals surface area (Å²) in [7, 11) is 1.82. The molecule has 0 radical (unpaired) electrons. The number of para-hydroxylation sites is 1. The minimum Gasteiger partial charge on any atom is -0.356 e. The molecular formula is C33H40N4O5. The van der Waals surface area contributed by atoms with Crippen LogP contribution < -0.4 is 16.0 Å². The Bertz CT molecular complexity index is 1450. The van der Waals surface area contributed by atoms with Gasteiger partial charge in [-0.2, -0.15) is 0 Å². The topological polar surface area (TPSA) is 126 Å². The molecule has 0 spiro atoms. The monoisotopic (exact) mass is 572 g/mol. The SMILES string of the molecule is CC(C)C[C@H](CC(=O)c1cc2ccccc2n1C)C(=O)N[C@@H](C[C@@H]1CCCNC1=O)C(=O)C(=O)NCc1ccccc1. The third kappa shape index (κ3) is 7.72. The molecule has 4 rings (SSSR count). The molecule has 1 fully saturated rings. The van der Waals surface area contributed by atoms with Gasteiger partial charge in [-0.3, -0.25) is 24.0 Å². The number of hydrogen-bond acceptors (Lipinski definition) is 5. The highest BCUT2D eigenvalue weighted by Crippen LogP contribution is 2.24. The fourth-order valence-corrected chi connectivity index (χ4v) is 5.63. The molecule has 1 saturated heterocycles. The molecule has 0 unspecified atom stereocenters. The number of carbonyl (C=O) groups excluding carboxylic acids is 5. The van der Waals surface area contributed by atoms with Crippen molar-refractivity contribution in [3.8, 4) is 0 Å². The second-order valence-electron chi connectivity index (χ2n) is 11.6. The standard InChI is InChI=1S/C33H40N4O5/c1-21(2)16-25(19-29(38)28-18-23-12-7-8-14-27(23)37(28)3)32(41)36-26(17-24-13-9-15-34-31(24)40)30(39)33(42)35-20-22-10-5-4-6-11-22/h4-8,10-12,14,18,21,24-26H,9,13,15-17,19-20H2,1-3H3,(H,34,40)(H,35,42)(H,36,41)/t24-,25+,26-/m0/s1. The van der Waals surface area contributed by atoms with Gasteiger partial charge in [-0.15, -0.1) is 0 Å². The predicted molar refractivity (Wildman–Crippen MR) is 160 cm³/mol. The molecule has 1 aliphatic heterocycles. The number of amides is 3. The Kier molecular flexibility index (Phi) is 10.3. The van der Waals surface area contributed by atoms with Crippen LogP contribution in [0.1, 0.15) is 62.0 Å². The average Bonchev–Trinajstić information content (AvgIpc) is 3.32. The molecular weight excluding hydrogens is 532 g/mol. The Morgan fingerprint density at radius 3 is 2.43 bits per heavy atom. The van der Waals surface area contributed by atoms with Crippen LogP contribution in [0.25, 0.3) is 10.9 Å². The van der Waals surface area contributed by atoms with Gasteiger partial charge >= 0.3 is 0 Å². The number of ketones is 2. The summed E-state index contributed by atoms with van der Waals surface area (Å²) >= 11 is 0. The second kappa shape index (κ2) is 14.1. The van der Waals surface area contributed by atoms with Gasteiger partial charge in [-0.1, -0.05) is 62.4 Å². The van der Waals surface area contributed by atoms with E-state index in [9.17, 15) is 24.0 Å². The van der Waals surface area contributed by atoms with Gasteiger partial charge in [0.2, 0.25) is 17.6 Å². The number of nitrogens with one attached hydrogen (secondary N) is 3. The molecule has 2 heterocycles. The average molecular weight is 573 g/mol. The van der Waals surface area contributed by atoms with Gasteiger partial charge in [-0.05, 0) is 49.3 Å². The number of benzene rings is 2. The van der Waals surface area contributed by atoms with Crippen molar-refractivity contribution in [1.29, 1.82) is 0 Å². The molecule has 3 aromatic rings. The predicted octanol–water partition coefficient (Wildman–Crippen LogP) is 3.70. The molecule has 9 nitrogen and oxygen atoms in total. The number of aromatic nitrogens is 1. The lowest BCUT2D eigenvalue weighted by Crippen LogP contribution is -2.51. The maximum Gasteiger partial charge on any atom is 0.289 e. The third-order valence-electron chi connectivity index (χ3n) is 7.87. The van der Waals surface area contributed by atoms with Crippen LogP contribution in [-0.2, 0) is 32.8 Å². The summed E-state index contributed by atoms with van der Waals surface area (Å²) in [6, 6.07) is 17.5. The van der Waals surface area contributed by atoms with Gasteiger partial charge in [0.15, 0.2) is 5.78 Å². The molecule has 1 aromatic heterocycles. The van der Waals surface area contributed by atoms with Crippen molar-refractivity contribution >= 4 is 40.2 Å². The second-order valence-corrected chi connectivity index (χ2v) is 11.6.